The molecule has 0 saturated heterocycles. The Balaban J connectivity index is 0.00000240. The molecule has 1 aliphatic heterocycles. The van der Waals surface area contributed by atoms with Crippen LogP contribution in [0.3, 0.4) is 0 Å². The minimum absolute atomic E-state index is 0. The second-order valence-corrected chi connectivity index (χ2v) is 7.31. The molecule has 4 rings (SSSR count). The number of benzene rings is 1. The molecule has 1 atom stereocenters. The average Bonchev–Trinajstić information content (AvgIpc) is 3.37. The van der Waals surface area contributed by atoms with Gasteiger partial charge in [-0.25, -0.2) is 0 Å². The molecule has 1 N–H and O–H groups in total. The number of alkyl halides is 3. The van der Waals surface area contributed by atoms with E-state index in [-0.39, 0.29) is 43.2 Å². The van der Waals surface area contributed by atoms with Gasteiger partial charge >= 0.3 is 6.18 Å². The van der Waals surface area contributed by atoms with E-state index in [1.54, 1.807) is 0 Å². The van der Waals surface area contributed by atoms with E-state index in [2.05, 4.69) is 10.4 Å². The fourth-order valence-corrected chi connectivity index (χ4v) is 3.34. The number of hydrogen-bond acceptors (Lipinski definition) is 3. The zero-order valence-electron chi connectivity index (χ0n) is 15.7. The molecular formula is C19H21F3N4O2S. The van der Waals surface area contributed by atoms with Crippen LogP contribution in [0, 0.1) is 5.92 Å². The van der Waals surface area contributed by atoms with E-state index in [4.69, 9.17) is 0 Å². The lowest BCUT2D eigenvalue weighted by atomic mass is 10.1. The zero-order valence-corrected chi connectivity index (χ0v) is 16.7. The quantitative estimate of drug-likeness (QED) is 0.815. The van der Waals surface area contributed by atoms with Crippen molar-refractivity contribution >= 4 is 31.0 Å². The summed E-state index contributed by atoms with van der Waals surface area (Å²) < 4.78 is 39.9. The second kappa shape index (κ2) is 7.74. The summed E-state index contributed by atoms with van der Waals surface area (Å²) in [5, 5.41) is 7.01. The summed E-state index contributed by atoms with van der Waals surface area (Å²) >= 11 is 0. The van der Waals surface area contributed by atoms with E-state index < -0.39 is 17.6 Å². The Kier molecular flexibility index (Phi) is 5.66. The predicted molar refractivity (Wildman–Crippen MR) is 105 cm³/mol. The molecular weight excluding hydrogens is 405 g/mol. The number of rotatable bonds is 4. The molecule has 6 nitrogen and oxygen atoms in total. The van der Waals surface area contributed by atoms with Crippen LogP contribution in [0.1, 0.15) is 52.2 Å². The number of fused-ring (bicyclic) bond motifs is 1. The third-order valence-electron chi connectivity index (χ3n) is 5.11. The van der Waals surface area contributed by atoms with Crippen LogP contribution in [-0.4, -0.2) is 34.7 Å². The minimum atomic E-state index is -4.44. The SMILES string of the molecule is C[C@H]1CN(c2ccc(C(F)(F)F)cc2)C(=O)c2c(C(=O)NCC3CC3)cnn21.S. The second-order valence-electron chi connectivity index (χ2n) is 7.31. The van der Waals surface area contributed by atoms with Crippen molar-refractivity contribution in [1.29, 1.82) is 0 Å². The third kappa shape index (κ3) is 4.12. The number of carbonyl (C=O) groups excluding carboxylic acids is 2. The maximum absolute atomic E-state index is 13.0. The van der Waals surface area contributed by atoms with E-state index >= 15 is 0 Å². The van der Waals surface area contributed by atoms with Gasteiger partial charge in [0.25, 0.3) is 11.8 Å². The largest absolute Gasteiger partial charge is 0.416 e. The van der Waals surface area contributed by atoms with Gasteiger partial charge in [0.2, 0.25) is 0 Å². The highest BCUT2D eigenvalue weighted by Gasteiger charge is 2.36. The number of hydrogen-bond donors (Lipinski definition) is 1. The number of nitrogens with one attached hydrogen (secondary N) is 1. The van der Waals surface area contributed by atoms with Gasteiger partial charge in [-0.3, -0.25) is 14.3 Å². The number of aromatic nitrogens is 2. The fraction of sp³-hybridized carbons (Fsp3) is 0.421. The van der Waals surface area contributed by atoms with Gasteiger partial charge in [0.1, 0.15) is 5.69 Å². The monoisotopic (exact) mass is 426 g/mol. The highest BCUT2D eigenvalue weighted by atomic mass is 32.1. The van der Waals surface area contributed by atoms with E-state index in [9.17, 15) is 22.8 Å². The van der Waals surface area contributed by atoms with Crippen molar-refractivity contribution in [2.45, 2.75) is 32.0 Å². The van der Waals surface area contributed by atoms with Crippen molar-refractivity contribution in [3.05, 3.63) is 47.3 Å². The predicted octanol–water partition coefficient (Wildman–Crippen LogP) is 3.38. The van der Waals surface area contributed by atoms with E-state index in [1.165, 1.54) is 27.9 Å². The fourth-order valence-electron chi connectivity index (χ4n) is 3.34. The Labute approximate surface area is 172 Å². The first-order valence-corrected chi connectivity index (χ1v) is 9.10. The molecule has 1 aromatic carbocycles. The smallest absolute Gasteiger partial charge is 0.352 e. The first-order valence-electron chi connectivity index (χ1n) is 9.10. The van der Waals surface area contributed by atoms with Crippen LogP contribution in [0.2, 0.25) is 0 Å². The van der Waals surface area contributed by atoms with Gasteiger partial charge in [0.15, 0.2) is 0 Å². The first kappa shape index (κ1) is 21.2. The summed E-state index contributed by atoms with van der Waals surface area (Å²) in [6.07, 6.45) is -0.889. The maximum Gasteiger partial charge on any atom is 0.416 e. The Bertz CT molecular complexity index is 923. The molecule has 1 fully saturated rings. The third-order valence-corrected chi connectivity index (χ3v) is 5.11. The number of nitrogens with zero attached hydrogens (tertiary/aromatic N) is 3. The topological polar surface area (TPSA) is 67.2 Å². The van der Waals surface area contributed by atoms with Crippen LogP contribution < -0.4 is 10.2 Å². The summed E-state index contributed by atoms with van der Waals surface area (Å²) in [4.78, 5) is 26.9. The van der Waals surface area contributed by atoms with E-state index in [0.29, 0.717) is 18.2 Å². The van der Waals surface area contributed by atoms with Gasteiger partial charge in [-0.1, -0.05) is 0 Å². The van der Waals surface area contributed by atoms with Crippen LogP contribution in [0.5, 0.6) is 0 Å². The molecule has 10 heteroatoms. The molecule has 2 aromatic rings. The minimum Gasteiger partial charge on any atom is -0.352 e. The molecule has 29 heavy (non-hydrogen) atoms. The van der Waals surface area contributed by atoms with Crippen molar-refractivity contribution in [1.82, 2.24) is 15.1 Å². The molecule has 0 unspecified atom stereocenters. The van der Waals surface area contributed by atoms with Gasteiger partial charge in [-0.15, -0.1) is 0 Å². The van der Waals surface area contributed by atoms with Gasteiger partial charge < -0.3 is 10.2 Å². The van der Waals surface area contributed by atoms with Gasteiger partial charge in [-0.05, 0) is 49.9 Å². The van der Waals surface area contributed by atoms with Gasteiger partial charge in [0, 0.05) is 18.8 Å². The molecule has 156 valence electrons. The van der Waals surface area contributed by atoms with Crippen molar-refractivity contribution < 1.29 is 22.8 Å². The van der Waals surface area contributed by atoms with Gasteiger partial charge in [-0.2, -0.15) is 31.8 Å². The van der Waals surface area contributed by atoms with E-state index in [1.807, 2.05) is 6.92 Å². The standard InChI is InChI=1S/C19H19F3N4O2.H2S/c1-11-10-25(14-6-4-13(5-7-14)19(20,21)22)18(28)16-15(9-24-26(11)16)17(27)23-8-12-2-3-12;/h4-7,9,11-12H,2-3,8,10H2,1H3,(H,23,27);1H2/t11-;/m0./s1. The maximum atomic E-state index is 13.0. The van der Waals surface area contributed by atoms with Crippen LogP contribution in [0.15, 0.2) is 30.5 Å². The number of carbonyl (C=O) groups is 2. The van der Waals surface area contributed by atoms with Crippen LogP contribution in [-0.2, 0) is 6.18 Å². The number of amides is 2. The summed E-state index contributed by atoms with van der Waals surface area (Å²) in [5.41, 5.74) is -0.0818. The Hall–Kier alpha value is -2.49. The Morgan fingerprint density at radius 3 is 2.48 bits per heavy atom. The molecule has 0 bridgehead atoms. The molecule has 0 radical (unpaired) electrons. The molecule has 2 amide bonds. The lowest BCUT2D eigenvalue weighted by Gasteiger charge is -2.32. The summed E-state index contributed by atoms with van der Waals surface area (Å²) in [6.45, 7) is 2.66. The van der Waals surface area contributed by atoms with Crippen molar-refractivity contribution in [2.24, 2.45) is 5.92 Å². The lowest BCUT2D eigenvalue weighted by Crippen LogP contribution is -2.43. The Morgan fingerprint density at radius 1 is 1.24 bits per heavy atom. The summed E-state index contributed by atoms with van der Waals surface area (Å²) in [5.74, 6) is -0.316. The number of anilines is 1. The average molecular weight is 426 g/mol. The van der Waals surface area contributed by atoms with Crippen molar-refractivity contribution in [3.63, 3.8) is 0 Å². The summed E-state index contributed by atoms with van der Waals surface area (Å²) in [7, 11) is 0. The molecule has 1 aliphatic carbocycles. The molecule has 1 aromatic heterocycles. The normalized spacial score (nSPS) is 18.8. The van der Waals surface area contributed by atoms with Crippen LogP contribution in [0.25, 0.3) is 0 Å². The molecule has 2 heterocycles. The molecule has 1 saturated carbocycles. The van der Waals surface area contributed by atoms with Crippen molar-refractivity contribution in [3.8, 4) is 0 Å². The van der Waals surface area contributed by atoms with Gasteiger partial charge in [0.05, 0.1) is 23.4 Å². The molecule has 0 spiro atoms. The summed E-state index contributed by atoms with van der Waals surface area (Å²) in [6, 6.07) is 4.21. The molecule has 2 aliphatic rings. The highest BCUT2D eigenvalue weighted by molar-refractivity contribution is 7.59. The van der Waals surface area contributed by atoms with Crippen LogP contribution >= 0.6 is 13.5 Å². The zero-order chi connectivity index (χ0) is 20.1. The van der Waals surface area contributed by atoms with Crippen molar-refractivity contribution in [2.75, 3.05) is 18.0 Å². The van der Waals surface area contributed by atoms with Crippen LogP contribution in [0.4, 0.5) is 18.9 Å². The lowest BCUT2D eigenvalue weighted by molar-refractivity contribution is -0.137. The number of halogens is 3. The highest BCUT2D eigenvalue weighted by Crippen LogP contribution is 2.33. The Morgan fingerprint density at radius 2 is 1.90 bits per heavy atom. The van der Waals surface area contributed by atoms with E-state index in [0.717, 1.165) is 25.0 Å². The first-order chi connectivity index (χ1) is 13.3.